The Balaban J connectivity index is 2.29. The van der Waals surface area contributed by atoms with E-state index in [1.807, 2.05) is 0 Å². The summed E-state index contributed by atoms with van der Waals surface area (Å²) in [5, 5.41) is 0.958. The molecule has 10 heteroatoms. The Morgan fingerprint density at radius 3 is 2.48 bits per heavy atom. The van der Waals surface area contributed by atoms with Gasteiger partial charge in [0, 0.05) is 11.0 Å². The number of hydrogen-bond acceptors (Lipinski definition) is 6. The smallest absolute Gasteiger partial charge is 0.248 e. The molecule has 21 heavy (non-hydrogen) atoms. The number of sulfonamides is 1. The van der Waals surface area contributed by atoms with E-state index in [0.29, 0.717) is 0 Å². The molecule has 1 aromatic carbocycles. The number of benzene rings is 1. The summed E-state index contributed by atoms with van der Waals surface area (Å²) in [6.07, 6.45) is 1.25. The van der Waals surface area contributed by atoms with Gasteiger partial charge in [0.2, 0.25) is 15.9 Å². The minimum Gasteiger partial charge on any atom is -0.398 e. The van der Waals surface area contributed by atoms with Gasteiger partial charge in [-0.15, -0.1) is 0 Å². The van der Waals surface area contributed by atoms with E-state index >= 15 is 0 Å². The number of amides is 1. The summed E-state index contributed by atoms with van der Waals surface area (Å²) >= 11 is 0. The average Bonchev–Trinajstić information content (AvgIpc) is 2.67. The minimum absolute atomic E-state index is 0.0785. The number of primary amides is 1. The van der Waals surface area contributed by atoms with Gasteiger partial charge in [0.15, 0.2) is 9.84 Å². The van der Waals surface area contributed by atoms with Gasteiger partial charge in [-0.25, -0.2) is 21.6 Å². The Morgan fingerprint density at radius 2 is 2.00 bits per heavy atom. The van der Waals surface area contributed by atoms with Gasteiger partial charge in [0.25, 0.3) is 0 Å². The van der Waals surface area contributed by atoms with Crippen molar-refractivity contribution in [1.82, 2.24) is 4.72 Å². The van der Waals surface area contributed by atoms with Crippen molar-refractivity contribution < 1.29 is 21.6 Å². The lowest BCUT2D eigenvalue weighted by Crippen LogP contribution is -2.35. The highest BCUT2D eigenvalue weighted by atomic mass is 32.2. The van der Waals surface area contributed by atoms with Crippen molar-refractivity contribution >= 4 is 31.5 Å². The number of nitrogen functional groups attached to an aromatic ring is 1. The van der Waals surface area contributed by atoms with Gasteiger partial charge in [-0.3, -0.25) is 4.79 Å². The van der Waals surface area contributed by atoms with E-state index in [9.17, 15) is 21.6 Å². The highest BCUT2D eigenvalue weighted by Gasteiger charge is 2.27. The van der Waals surface area contributed by atoms with Crippen molar-refractivity contribution in [3.8, 4) is 0 Å². The van der Waals surface area contributed by atoms with Crippen LogP contribution in [0, 0.1) is 0 Å². The maximum absolute atomic E-state index is 12.2. The first-order valence-electron chi connectivity index (χ1n) is 5.73. The van der Waals surface area contributed by atoms with Crippen LogP contribution in [-0.2, 0) is 19.9 Å². The fraction of sp³-hybridized carbons (Fsp3) is 0.182. The van der Waals surface area contributed by atoms with Crippen molar-refractivity contribution in [2.24, 2.45) is 5.73 Å². The normalized spacial score (nSPS) is 20.5. The number of sulfone groups is 1. The largest absolute Gasteiger partial charge is 0.398 e. The molecule has 114 valence electrons. The third-order valence-corrected chi connectivity index (χ3v) is 5.78. The topological polar surface area (TPSA) is 149 Å². The lowest BCUT2D eigenvalue weighted by molar-refractivity contribution is 0.1000. The SMILES string of the molecule is NC(=O)c1ccc(S(=O)(=O)NC2C=CS(=O)(=O)C2)c(N)c1. The number of rotatable bonds is 4. The maximum Gasteiger partial charge on any atom is 0.248 e. The highest BCUT2D eigenvalue weighted by Crippen LogP contribution is 2.21. The van der Waals surface area contributed by atoms with Crippen molar-refractivity contribution in [2.75, 3.05) is 11.5 Å². The summed E-state index contributed by atoms with van der Waals surface area (Å²) in [4.78, 5) is 10.7. The molecule has 0 saturated carbocycles. The van der Waals surface area contributed by atoms with Crippen molar-refractivity contribution in [3.63, 3.8) is 0 Å². The summed E-state index contributed by atoms with van der Waals surface area (Å²) in [5.41, 5.74) is 10.6. The Labute approximate surface area is 121 Å². The summed E-state index contributed by atoms with van der Waals surface area (Å²) in [6, 6.07) is 2.67. The van der Waals surface area contributed by atoms with E-state index in [0.717, 1.165) is 17.5 Å². The average molecular weight is 331 g/mol. The second kappa shape index (κ2) is 5.13. The fourth-order valence-corrected chi connectivity index (χ4v) is 4.50. The van der Waals surface area contributed by atoms with E-state index in [1.165, 1.54) is 12.1 Å². The molecule has 1 heterocycles. The van der Waals surface area contributed by atoms with E-state index in [1.54, 1.807) is 0 Å². The number of carbonyl (C=O) groups is 1. The molecule has 1 aliphatic heterocycles. The number of carbonyl (C=O) groups excluding carboxylic acids is 1. The van der Waals surface area contributed by atoms with Gasteiger partial charge >= 0.3 is 0 Å². The van der Waals surface area contributed by atoms with Crippen LogP contribution in [0.3, 0.4) is 0 Å². The van der Waals surface area contributed by atoms with Gasteiger partial charge < -0.3 is 11.5 Å². The molecule has 0 spiro atoms. The molecule has 1 amide bonds. The van der Waals surface area contributed by atoms with Crippen LogP contribution in [0.1, 0.15) is 10.4 Å². The molecule has 1 aliphatic rings. The zero-order chi connectivity index (χ0) is 15.8. The summed E-state index contributed by atoms with van der Waals surface area (Å²) in [7, 11) is -7.39. The van der Waals surface area contributed by atoms with Crippen LogP contribution in [-0.4, -0.2) is 34.5 Å². The first-order chi connectivity index (χ1) is 9.61. The predicted octanol–water partition coefficient (Wildman–Crippen LogP) is -1.04. The van der Waals surface area contributed by atoms with Gasteiger partial charge in [0.1, 0.15) is 4.90 Å². The van der Waals surface area contributed by atoms with Crippen molar-refractivity contribution in [2.45, 2.75) is 10.9 Å². The molecular formula is C11H13N3O5S2. The monoisotopic (exact) mass is 331 g/mol. The molecule has 0 saturated heterocycles. The number of anilines is 1. The van der Waals surface area contributed by atoms with Crippen molar-refractivity contribution in [3.05, 3.63) is 35.2 Å². The zero-order valence-electron chi connectivity index (χ0n) is 10.7. The molecular weight excluding hydrogens is 318 g/mol. The molecule has 0 aliphatic carbocycles. The van der Waals surface area contributed by atoms with Crippen LogP contribution in [0.5, 0.6) is 0 Å². The number of nitrogens with one attached hydrogen (secondary N) is 1. The Hall–Kier alpha value is -1.91. The molecule has 0 bridgehead atoms. The van der Waals surface area contributed by atoms with Gasteiger partial charge in [-0.1, -0.05) is 6.08 Å². The van der Waals surface area contributed by atoms with E-state index in [4.69, 9.17) is 11.5 Å². The van der Waals surface area contributed by atoms with Crippen molar-refractivity contribution in [1.29, 1.82) is 0 Å². The zero-order valence-corrected chi connectivity index (χ0v) is 12.3. The fourth-order valence-electron chi connectivity index (χ4n) is 1.86. The standard InChI is InChI=1S/C11H13N3O5S2/c12-9-5-7(11(13)15)1-2-10(9)21(18,19)14-8-3-4-20(16,17)6-8/h1-5,8,14H,6,12H2,(H2,13,15). The third kappa shape index (κ3) is 3.40. The molecule has 0 fully saturated rings. The summed E-state index contributed by atoms with van der Waals surface area (Å²) in [6.45, 7) is 0. The molecule has 5 N–H and O–H groups in total. The molecule has 1 atom stereocenters. The number of hydrogen-bond donors (Lipinski definition) is 3. The minimum atomic E-state index is -4.01. The van der Waals surface area contributed by atoms with Crippen LogP contribution in [0.4, 0.5) is 5.69 Å². The van der Waals surface area contributed by atoms with Gasteiger partial charge in [-0.2, -0.15) is 0 Å². The second-order valence-corrected chi connectivity index (χ2v) is 8.12. The van der Waals surface area contributed by atoms with Crippen LogP contribution in [0.15, 0.2) is 34.6 Å². The molecule has 0 aromatic heterocycles. The first-order valence-corrected chi connectivity index (χ1v) is 8.93. The lowest BCUT2D eigenvalue weighted by Gasteiger charge is -2.13. The van der Waals surface area contributed by atoms with Gasteiger partial charge in [-0.05, 0) is 18.2 Å². The molecule has 0 radical (unpaired) electrons. The van der Waals surface area contributed by atoms with E-state index < -0.39 is 31.8 Å². The Morgan fingerprint density at radius 1 is 1.33 bits per heavy atom. The van der Waals surface area contributed by atoms with E-state index in [-0.39, 0.29) is 21.9 Å². The van der Waals surface area contributed by atoms with Crippen LogP contribution < -0.4 is 16.2 Å². The predicted molar refractivity (Wildman–Crippen MR) is 76.4 cm³/mol. The first kappa shape index (κ1) is 15.5. The van der Waals surface area contributed by atoms with Gasteiger partial charge in [0.05, 0.1) is 17.5 Å². The van der Waals surface area contributed by atoms with Crippen LogP contribution >= 0.6 is 0 Å². The molecule has 1 aromatic rings. The summed E-state index contributed by atoms with van der Waals surface area (Å²) in [5.74, 6) is -1.07. The second-order valence-electron chi connectivity index (χ2n) is 4.50. The highest BCUT2D eigenvalue weighted by molar-refractivity contribution is 7.94. The van der Waals surface area contributed by atoms with Crippen LogP contribution in [0.25, 0.3) is 0 Å². The molecule has 1 unspecified atom stereocenters. The summed E-state index contributed by atoms with van der Waals surface area (Å²) < 4.78 is 49.1. The quantitative estimate of drug-likeness (QED) is 0.600. The lowest BCUT2D eigenvalue weighted by atomic mass is 10.2. The Kier molecular flexibility index (Phi) is 3.78. The van der Waals surface area contributed by atoms with E-state index in [2.05, 4.69) is 4.72 Å². The maximum atomic E-state index is 12.2. The van der Waals surface area contributed by atoms with Crippen LogP contribution in [0.2, 0.25) is 0 Å². The number of nitrogens with two attached hydrogens (primary N) is 2. The Bertz CT molecular complexity index is 827. The molecule has 2 rings (SSSR count). The molecule has 8 nitrogen and oxygen atoms in total. The third-order valence-electron chi connectivity index (χ3n) is 2.82.